The summed E-state index contributed by atoms with van der Waals surface area (Å²) in [5.41, 5.74) is 1.59. The number of aromatic nitrogens is 6. The number of hydrogen-bond donors (Lipinski definition) is 1. The van der Waals surface area contributed by atoms with E-state index in [1.54, 1.807) is 25.4 Å². The maximum Gasteiger partial charge on any atom is 0.453 e. The summed E-state index contributed by atoms with van der Waals surface area (Å²) in [7, 11) is 0. The van der Waals surface area contributed by atoms with Crippen molar-refractivity contribution in [1.29, 1.82) is 0 Å². The summed E-state index contributed by atoms with van der Waals surface area (Å²) >= 11 is 0. The van der Waals surface area contributed by atoms with Crippen LogP contribution in [0.2, 0.25) is 0 Å². The summed E-state index contributed by atoms with van der Waals surface area (Å²) in [6.07, 6.45) is 0.754. The van der Waals surface area contributed by atoms with Crippen LogP contribution in [0.25, 0.3) is 5.78 Å². The third-order valence-electron chi connectivity index (χ3n) is 4.13. The quantitative estimate of drug-likeness (QED) is 0.778. The normalized spacial score (nSPS) is 18.7. The summed E-state index contributed by atoms with van der Waals surface area (Å²) in [5, 5.41) is 10.4. The monoisotopic (exact) mass is 337 g/mol. The summed E-state index contributed by atoms with van der Waals surface area (Å²) in [5.74, 6) is -0.666. The second-order valence-electron chi connectivity index (χ2n) is 5.78. The van der Waals surface area contributed by atoms with Crippen LogP contribution in [0.4, 0.5) is 19.0 Å². The van der Waals surface area contributed by atoms with Gasteiger partial charge in [-0.05, 0) is 19.8 Å². The van der Waals surface area contributed by atoms with Crippen molar-refractivity contribution >= 4 is 11.6 Å². The van der Waals surface area contributed by atoms with Gasteiger partial charge in [0.2, 0.25) is 0 Å². The Balaban J connectivity index is 1.85. The van der Waals surface area contributed by atoms with E-state index in [0.717, 1.165) is 24.9 Å². The van der Waals surface area contributed by atoms with E-state index in [1.807, 2.05) is 4.90 Å². The minimum atomic E-state index is -4.60. The van der Waals surface area contributed by atoms with Gasteiger partial charge in [-0.25, -0.2) is 4.98 Å². The lowest BCUT2D eigenvalue weighted by Gasteiger charge is -2.26. The average molecular weight is 337 g/mol. The highest BCUT2D eigenvalue weighted by atomic mass is 19.4. The highest BCUT2D eigenvalue weighted by Crippen LogP contribution is 2.36. The fourth-order valence-corrected chi connectivity index (χ4v) is 3.12. The van der Waals surface area contributed by atoms with E-state index in [-0.39, 0.29) is 11.8 Å². The van der Waals surface area contributed by atoms with E-state index in [1.165, 1.54) is 4.52 Å². The summed E-state index contributed by atoms with van der Waals surface area (Å²) in [6.45, 7) is 2.45. The number of rotatable bonds is 2. The number of halogens is 3. The molecule has 0 amide bonds. The Morgan fingerprint density at radius 1 is 1.29 bits per heavy atom. The Morgan fingerprint density at radius 2 is 2.12 bits per heavy atom. The Hall–Kier alpha value is -2.65. The van der Waals surface area contributed by atoms with Crippen molar-refractivity contribution in [3.8, 4) is 0 Å². The van der Waals surface area contributed by atoms with Crippen molar-refractivity contribution in [1.82, 2.24) is 29.8 Å². The van der Waals surface area contributed by atoms with Gasteiger partial charge in [0.05, 0.1) is 12.2 Å². The number of aromatic amines is 1. The van der Waals surface area contributed by atoms with Gasteiger partial charge in [-0.3, -0.25) is 5.10 Å². The molecule has 1 saturated heterocycles. The molecule has 3 aromatic heterocycles. The summed E-state index contributed by atoms with van der Waals surface area (Å²) in [6, 6.07) is 1.77. The zero-order valence-electron chi connectivity index (χ0n) is 12.7. The molecule has 1 N–H and O–H groups in total. The minimum Gasteiger partial charge on any atom is -0.349 e. The molecule has 0 bridgehead atoms. The van der Waals surface area contributed by atoms with Crippen molar-refractivity contribution in [2.24, 2.45) is 0 Å². The largest absolute Gasteiger partial charge is 0.453 e. The van der Waals surface area contributed by atoms with Gasteiger partial charge in [-0.2, -0.15) is 27.8 Å². The minimum absolute atomic E-state index is 0.0345. The lowest BCUT2D eigenvalue weighted by atomic mass is 10.1. The smallest absolute Gasteiger partial charge is 0.349 e. The molecule has 10 heteroatoms. The lowest BCUT2D eigenvalue weighted by Crippen LogP contribution is -2.25. The lowest BCUT2D eigenvalue weighted by molar-refractivity contribution is -0.144. The SMILES string of the molecule is Cc1cc(N2CCCC2c2cn[nH]c2)n2nc(C(F)(F)F)nc2n1. The summed E-state index contributed by atoms with van der Waals surface area (Å²) < 4.78 is 40.0. The van der Waals surface area contributed by atoms with Gasteiger partial charge in [-0.15, -0.1) is 5.10 Å². The van der Waals surface area contributed by atoms with Gasteiger partial charge in [0, 0.05) is 30.1 Å². The number of anilines is 1. The van der Waals surface area contributed by atoms with Crippen LogP contribution in [-0.2, 0) is 6.18 Å². The van der Waals surface area contributed by atoms with Crippen LogP contribution in [0.3, 0.4) is 0 Å². The highest BCUT2D eigenvalue weighted by Gasteiger charge is 2.37. The zero-order valence-corrected chi connectivity index (χ0v) is 12.7. The average Bonchev–Trinajstić information content (AvgIpc) is 3.24. The number of nitrogens with zero attached hydrogens (tertiary/aromatic N) is 6. The molecule has 1 unspecified atom stereocenters. The van der Waals surface area contributed by atoms with E-state index in [0.29, 0.717) is 11.5 Å². The molecule has 4 rings (SSSR count). The molecule has 0 aromatic carbocycles. The van der Waals surface area contributed by atoms with Crippen molar-refractivity contribution in [2.75, 3.05) is 11.4 Å². The van der Waals surface area contributed by atoms with Crippen LogP contribution in [0, 0.1) is 6.92 Å². The van der Waals surface area contributed by atoms with E-state index < -0.39 is 12.0 Å². The Labute approximate surface area is 134 Å². The number of alkyl halides is 3. The molecule has 1 atom stereocenters. The van der Waals surface area contributed by atoms with Crippen molar-refractivity contribution in [3.05, 3.63) is 35.5 Å². The first-order valence-electron chi connectivity index (χ1n) is 7.50. The van der Waals surface area contributed by atoms with Gasteiger partial charge in [0.25, 0.3) is 11.6 Å². The van der Waals surface area contributed by atoms with Gasteiger partial charge in [0.15, 0.2) is 0 Å². The molecule has 126 valence electrons. The molecule has 24 heavy (non-hydrogen) atoms. The molecule has 0 radical (unpaired) electrons. The fourth-order valence-electron chi connectivity index (χ4n) is 3.12. The standard InChI is InChI=1S/C14H14F3N7/c1-8-5-11(23-4-2-3-10(23)9-6-18-19-7-9)24-13(20-8)21-12(22-24)14(15,16)17/h5-7,10H,2-4H2,1H3,(H,18,19). The van der Waals surface area contributed by atoms with Gasteiger partial charge >= 0.3 is 6.18 Å². The molecule has 1 fully saturated rings. The first-order valence-corrected chi connectivity index (χ1v) is 7.50. The topological polar surface area (TPSA) is 75.0 Å². The number of hydrogen-bond acceptors (Lipinski definition) is 5. The van der Waals surface area contributed by atoms with Gasteiger partial charge in [0.1, 0.15) is 5.82 Å². The van der Waals surface area contributed by atoms with E-state index >= 15 is 0 Å². The van der Waals surface area contributed by atoms with Gasteiger partial charge in [-0.1, -0.05) is 0 Å². The van der Waals surface area contributed by atoms with Crippen molar-refractivity contribution in [2.45, 2.75) is 32.0 Å². The molecule has 0 spiro atoms. The highest BCUT2D eigenvalue weighted by molar-refractivity contribution is 5.50. The van der Waals surface area contributed by atoms with Crippen molar-refractivity contribution < 1.29 is 13.2 Å². The second-order valence-corrected chi connectivity index (χ2v) is 5.78. The van der Waals surface area contributed by atoms with E-state index in [4.69, 9.17) is 0 Å². The van der Waals surface area contributed by atoms with Crippen LogP contribution in [-0.4, -0.2) is 36.3 Å². The van der Waals surface area contributed by atoms with Crippen LogP contribution in [0.15, 0.2) is 18.5 Å². The molecular weight excluding hydrogens is 323 g/mol. The molecule has 0 aliphatic carbocycles. The third-order valence-corrected chi connectivity index (χ3v) is 4.13. The predicted molar refractivity (Wildman–Crippen MR) is 78.4 cm³/mol. The summed E-state index contributed by atoms with van der Waals surface area (Å²) in [4.78, 5) is 9.64. The third kappa shape index (κ3) is 2.38. The number of aryl methyl sites for hydroxylation is 1. The van der Waals surface area contributed by atoms with Crippen molar-refractivity contribution in [3.63, 3.8) is 0 Å². The van der Waals surface area contributed by atoms with Crippen LogP contribution in [0.1, 0.15) is 36.0 Å². The second kappa shape index (κ2) is 5.18. The van der Waals surface area contributed by atoms with Crippen LogP contribution >= 0.6 is 0 Å². The van der Waals surface area contributed by atoms with Crippen LogP contribution < -0.4 is 4.90 Å². The number of nitrogens with one attached hydrogen (secondary N) is 1. The molecule has 4 heterocycles. The first-order chi connectivity index (χ1) is 11.4. The maximum absolute atomic E-state index is 12.9. The maximum atomic E-state index is 12.9. The molecule has 7 nitrogen and oxygen atoms in total. The molecule has 1 aliphatic heterocycles. The van der Waals surface area contributed by atoms with Gasteiger partial charge < -0.3 is 4.90 Å². The Bertz CT molecular complexity index is 869. The molecule has 0 saturated carbocycles. The predicted octanol–water partition coefficient (Wildman–Crippen LogP) is 2.52. The first kappa shape index (κ1) is 14.9. The number of H-pyrrole nitrogens is 1. The molecule has 1 aliphatic rings. The fraction of sp³-hybridized carbons (Fsp3) is 0.429. The molecule has 3 aromatic rings. The Morgan fingerprint density at radius 3 is 2.83 bits per heavy atom. The zero-order chi connectivity index (χ0) is 16.9. The number of fused-ring (bicyclic) bond motifs is 1. The van der Waals surface area contributed by atoms with E-state index in [9.17, 15) is 13.2 Å². The van der Waals surface area contributed by atoms with E-state index in [2.05, 4.69) is 25.3 Å². The Kier molecular flexibility index (Phi) is 3.22. The van der Waals surface area contributed by atoms with Crippen LogP contribution in [0.5, 0.6) is 0 Å². The molecular formula is C14H14F3N7.